The Morgan fingerprint density at radius 1 is 1.44 bits per heavy atom. The molecule has 0 aromatic heterocycles. The van der Waals surface area contributed by atoms with Crippen molar-refractivity contribution in [1.29, 1.82) is 0 Å². The van der Waals surface area contributed by atoms with E-state index in [1.165, 1.54) is 12.8 Å². The second-order valence-electron chi connectivity index (χ2n) is 4.35. The van der Waals surface area contributed by atoms with Gasteiger partial charge in [0.1, 0.15) is 0 Å². The maximum atomic E-state index is 11.8. The summed E-state index contributed by atoms with van der Waals surface area (Å²) in [5.74, 6) is 0.0286. The van der Waals surface area contributed by atoms with Gasteiger partial charge in [-0.25, -0.2) is 0 Å². The molecule has 86 valence electrons. The van der Waals surface area contributed by atoms with E-state index in [4.69, 9.17) is 0 Å². The molecule has 1 aromatic rings. The van der Waals surface area contributed by atoms with E-state index in [2.05, 4.69) is 17.3 Å². The minimum Gasteiger partial charge on any atom is -0.350 e. The van der Waals surface area contributed by atoms with Gasteiger partial charge in [0.15, 0.2) is 0 Å². The predicted molar refractivity (Wildman–Crippen MR) is 64.4 cm³/mol. The zero-order chi connectivity index (χ0) is 11.4. The first kappa shape index (κ1) is 11.1. The molecule has 1 aliphatic rings. The summed E-state index contributed by atoms with van der Waals surface area (Å²) < 4.78 is 0. The molecule has 0 spiro atoms. The van der Waals surface area contributed by atoms with Gasteiger partial charge in [-0.3, -0.25) is 4.79 Å². The van der Waals surface area contributed by atoms with Crippen molar-refractivity contribution in [3.8, 4) is 0 Å². The maximum absolute atomic E-state index is 11.8. The molecule has 1 unspecified atom stereocenters. The first-order chi connectivity index (χ1) is 7.77. The van der Waals surface area contributed by atoms with Crippen LogP contribution in [0, 0.1) is 0 Å². The normalized spacial score (nSPS) is 20.9. The molecule has 1 saturated heterocycles. The Morgan fingerprint density at radius 2 is 2.19 bits per heavy atom. The number of carbonyl (C=O) groups excluding carboxylic acids is 1. The summed E-state index contributed by atoms with van der Waals surface area (Å²) in [6.45, 7) is 1.90. The third-order valence-electron chi connectivity index (χ3n) is 3.21. The molecule has 0 radical (unpaired) electrons. The fraction of sp³-hybridized carbons (Fsp3) is 0.462. The lowest BCUT2D eigenvalue weighted by Gasteiger charge is -2.19. The van der Waals surface area contributed by atoms with Crippen molar-refractivity contribution in [1.82, 2.24) is 10.2 Å². The first-order valence-corrected chi connectivity index (χ1v) is 5.81. The number of carbonyl (C=O) groups is 1. The third kappa shape index (κ3) is 2.61. The van der Waals surface area contributed by atoms with Gasteiger partial charge in [0, 0.05) is 18.2 Å². The number of nitrogens with zero attached hydrogens (tertiary/aromatic N) is 1. The topological polar surface area (TPSA) is 32.3 Å². The number of hydrogen-bond acceptors (Lipinski definition) is 2. The van der Waals surface area contributed by atoms with Crippen LogP contribution in [-0.2, 0) is 0 Å². The standard InChI is InChI=1S/C13H18N2O/c1-15-9-5-8-12(15)10-14-13(16)11-6-3-2-4-7-11/h2-4,6-7,12H,5,8-10H2,1H3,(H,14,16). The zero-order valence-corrected chi connectivity index (χ0v) is 9.65. The van der Waals surface area contributed by atoms with Gasteiger partial charge in [0.05, 0.1) is 0 Å². The summed E-state index contributed by atoms with van der Waals surface area (Å²) in [5, 5.41) is 2.99. The Morgan fingerprint density at radius 3 is 2.81 bits per heavy atom. The van der Waals surface area contributed by atoms with E-state index < -0.39 is 0 Å². The van der Waals surface area contributed by atoms with Crippen molar-refractivity contribution < 1.29 is 4.79 Å². The molecule has 1 heterocycles. The van der Waals surface area contributed by atoms with E-state index in [0.29, 0.717) is 6.04 Å². The fourth-order valence-corrected chi connectivity index (χ4v) is 2.14. The van der Waals surface area contributed by atoms with E-state index >= 15 is 0 Å². The second kappa shape index (κ2) is 5.12. The van der Waals surface area contributed by atoms with E-state index in [1.54, 1.807) is 0 Å². The average molecular weight is 218 g/mol. The van der Waals surface area contributed by atoms with Crippen LogP contribution in [0.5, 0.6) is 0 Å². The highest BCUT2D eigenvalue weighted by Crippen LogP contribution is 2.13. The van der Waals surface area contributed by atoms with E-state index in [9.17, 15) is 4.79 Å². The van der Waals surface area contributed by atoms with Crippen molar-refractivity contribution in [2.75, 3.05) is 20.1 Å². The van der Waals surface area contributed by atoms with Gasteiger partial charge in [0.25, 0.3) is 5.91 Å². The molecule has 2 rings (SSSR count). The van der Waals surface area contributed by atoms with Gasteiger partial charge in [-0.05, 0) is 38.6 Å². The van der Waals surface area contributed by atoms with Crippen molar-refractivity contribution in [3.63, 3.8) is 0 Å². The predicted octanol–water partition coefficient (Wildman–Crippen LogP) is 1.51. The minimum atomic E-state index is 0.0286. The molecule has 1 aliphatic heterocycles. The van der Waals surface area contributed by atoms with Crippen LogP contribution in [-0.4, -0.2) is 37.0 Å². The number of likely N-dealkylation sites (tertiary alicyclic amines) is 1. The molecule has 16 heavy (non-hydrogen) atoms. The molecule has 1 atom stereocenters. The first-order valence-electron chi connectivity index (χ1n) is 5.81. The SMILES string of the molecule is CN1CCCC1CNC(=O)c1ccccc1. The van der Waals surface area contributed by atoms with Crippen molar-refractivity contribution in [3.05, 3.63) is 35.9 Å². The molecule has 1 N–H and O–H groups in total. The summed E-state index contributed by atoms with van der Waals surface area (Å²) >= 11 is 0. The molecule has 0 aliphatic carbocycles. The molecule has 3 heteroatoms. The fourth-order valence-electron chi connectivity index (χ4n) is 2.14. The quantitative estimate of drug-likeness (QED) is 0.834. The third-order valence-corrected chi connectivity index (χ3v) is 3.21. The van der Waals surface area contributed by atoms with E-state index in [-0.39, 0.29) is 5.91 Å². The highest BCUT2D eigenvalue weighted by molar-refractivity contribution is 5.94. The van der Waals surface area contributed by atoms with Crippen LogP contribution in [0.2, 0.25) is 0 Å². The highest BCUT2D eigenvalue weighted by atomic mass is 16.1. The lowest BCUT2D eigenvalue weighted by molar-refractivity contribution is 0.0943. The summed E-state index contributed by atoms with van der Waals surface area (Å²) in [5.41, 5.74) is 0.739. The van der Waals surface area contributed by atoms with E-state index in [0.717, 1.165) is 18.7 Å². The van der Waals surface area contributed by atoms with Crippen LogP contribution in [0.1, 0.15) is 23.2 Å². The highest BCUT2D eigenvalue weighted by Gasteiger charge is 2.21. The van der Waals surface area contributed by atoms with Crippen LogP contribution in [0.25, 0.3) is 0 Å². The summed E-state index contributed by atoms with van der Waals surface area (Å²) in [7, 11) is 2.12. The monoisotopic (exact) mass is 218 g/mol. The van der Waals surface area contributed by atoms with Gasteiger partial charge < -0.3 is 10.2 Å². The van der Waals surface area contributed by atoms with Crippen LogP contribution in [0.3, 0.4) is 0 Å². The van der Waals surface area contributed by atoms with Crippen molar-refractivity contribution >= 4 is 5.91 Å². The lowest BCUT2D eigenvalue weighted by atomic mass is 10.2. The number of amides is 1. The average Bonchev–Trinajstić information content (AvgIpc) is 2.73. The molecule has 1 fully saturated rings. The number of nitrogens with one attached hydrogen (secondary N) is 1. The zero-order valence-electron chi connectivity index (χ0n) is 9.65. The number of benzene rings is 1. The van der Waals surface area contributed by atoms with Gasteiger partial charge in [-0.2, -0.15) is 0 Å². The molecule has 0 bridgehead atoms. The Labute approximate surface area is 96.5 Å². The van der Waals surface area contributed by atoms with Gasteiger partial charge >= 0.3 is 0 Å². The number of hydrogen-bond donors (Lipinski definition) is 1. The summed E-state index contributed by atoms with van der Waals surface area (Å²) in [6.07, 6.45) is 2.42. The largest absolute Gasteiger partial charge is 0.350 e. The molecule has 3 nitrogen and oxygen atoms in total. The van der Waals surface area contributed by atoms with Crippen molar-refractivity contribution in [2.24, 2.45) is 0 Å². The molecular formula is C13H18N2O. The Kier molecular flexibility index (Phi) is 3.57. The molecule has 0 saturated carbocycles. The van der Waals surface area contributed by atoms with Crippen LogP contribution >= 0.6 is 0 Å². The Hall–Kier alpha value is -1.35. The van der Waals surface area contributed by atoms with Crippen LogP contribution in [0.15, 0.2) is 30.3 Å². The van der Waals surface area contributed by atoms with Crippen LogP contribution < -0.4 is 5.32 Å². The second-order valence-corrected chi connectivity index (χ2v) is 4.35. The lowest BCUT2D eigenvalue weighted by Crippen LogP contribution is -2.38. The maximum Gasteiger partial charge on any atom is 0.251 e. The summed E-state index contributed by atoms with van der Waals surface area (Å²) in [4.78, 5) is 14.1. The smallest absolute Gasteiger partial charge is 0.251 e. The number of likely N-dealkylation sites (N-methyl/N-ethyl adjacent to an activating group) is 1. The Bertz CT molecular complexity index is 350. The number of rotatable bonds is 3. The Balaban J connectivity index is 1.84. The molecular weight excluding hydrogens is 200 g/mol. The molecule has 1 amide bonds. The van der Waals surface area contributed by atoms with Gasteiger partial charge in [-0.15, -0.1) is 0 Å². The van der Waals surface area contributed by atoms with E-state index in [1.807, 2.05) is 30.3 Å². The van der Waals surface area contributed by atoms with Gasteiger partial charge in [0.2, 0.25) is 0 Å². The van der Waals surface area contributed by atoms with Crippen LogP contribution in [0.4, 0.5) is 0 Å². The minimum absolute atomic E-state index is 0.0286. The van der Waals surface area contributed by atoms with Gasteiger partial charge in [-0.1, -0.05) is 18.2 Å². The molecule has 1 aromatic carbocycles. The van der Waals surface area contributed by atoms with Crippen molar-refractivity contribution in [2.45, 2.75) is 18.9 Å². The summed E-state index contributed by atoms with van der Waals surface area (Å²) in [6, 6.07) is 9.88.